The monoisotopic (exact) mass is 642 g/mol. The maximum Gasteiger partial charge on any atom is 0.144 e. The number of halogens is 2. The lowest BCUT2D eigenvalue weighted by Gasteiger charge is -2.53. The fourth-order valence-electron chi connectivity index (χ4n) is 6.05. The summed E-state index contributed by atoms with van der Waals surface area (Å²) < 4.78 is 1.41. The van der Waals surface area contributed by atoms with E-state index >= 15 is 0 Å². The molecule has 190 valence electrons. The van der Waals surface area contributed by atoms with Gasteiger partial charge >= 0.3 is 0 Å². The molecule has 2 atom stereocenters. The van der Waals surface area contributed by atoms with E-state index in [9.17, 15) is 10.2 Å². The van der Waals surface area contributed by atoms with E-state index in [1.54, 1.807) is 0 Å². The van der Waals surface area contributed by atoms with Crippen molar-refractivity contribution in [3.63, 3.8) is 0 Å². The lowest BCUT2D eigenvalue weighted by atomic mass is 9.55. The van der Waals surface area contributed by atoms with Gasteiger partial charge in [-0.05, 0) is 59.7 Å². The van der Waals surface area contributed by atoms with Gasteiger partial charge in [-0.2, -0.15) is 0 Å². The smallest absolute Gasteiger partial charge is 0.144 e. The summed E-state index contributed by atoms with van der Waals surface area (Å²) in [6.07, 6.45) is 0. The molecule has 0 heterocycles. The molecule has 0 fully saturated rings. The molecule has 2 N–H and O–H groups in total. The second-order valence-corrected chi connectivity index (χ2v) is 11.6. The lowest BCUT2D eigenvalue weighted by molar-refractivity contribution is 0.0477. The van der Waals surface area contributed by atoms with Gasteiger partial charge < -0.3 is 10.2 Å². The van der Waals surface area contributed by atoms with Gasteiger partial charge in [-0.3, -0.25) is 0 Å². The molecule has 0 radical (unpaired) electrons. The summed E-state index contributed by atoms with van der Waals surface area (Å²) in [6, 6.07) is 34.6. The van der Waals surface area contributed by atoms with E-state index in [1.807, 2.05) is 109 Å². The second kappa shape index (κ2) is 9.34. The predicted octanol–water partition coefficient (Wildman–Crippen LogP) is 7.21. The van der Waals surface area contributed by atoms with Gasteiger partial charge in [-0.25, -0.2) is 0 Å². The van der Waals surface area contributed by atoms with Gasteiger partial charge in [0, 0.05) is 53.5 Å². The molecule has 0 aromatic heterocycles. The summed E-state index contributed by atoms with van der Waals surface area (Å²) in [5.74, 6) is 13.1. The number of benzene rings is 5. The van der Waals surface area contributed by atoms with Gasteiger partial charge in [-0.1, -0.05) is 116 Å². The van der Waals surface area contributed by atoms with E-state index in [4.69, 9.17) is 0 Å². The Labute approximate surface area is 249 Å². The molecule has 0 saturated carbocycles. The van der Waals surface area contributed by atoms with Crippen molar-refractivity contribution >= 4 is 31.9 Å². The van der Waals surface area contributed by atoms with Crippen molar-refractivity contribution in [2.75, 3.05) is 0 Å². The van der Waals surface area contributed by atoms with E-state index in [-0.39, 0.29) is 0 Å². The largest absolute Gasteiger partial charge is 0.376 e. The zero-order valence-electron chi connectivity index (χ0n) is 21.0. The Balaban J connectivity index is 1.61. The molecule has 5 aromatic carbocycles. The van der Waals surface area contributed by atoms with E-state index in [2.05, 4.69) is 55.5 Å². The molecule has 2 nitrogen and oxygen atoms in total. The quantitative estimate of drug-likeness (QED) is 0.175. The SMILES string of the molecule is OC12c3ccccc3C(O)(c3c(Br)ccc(Br)c31)c1c(C#Cc3ccccc3)ccc(C#Cc3ccccc3)c12. The topological polar surface area (TPSA) is 40.5 Å². The van der Waals surface area contributed by atoms with Crippen LogP contribution in [0.15, 0.2) is 118 Å². The van der Waals surface area contributed by atoms with Crippen LogP contribution in [0.5, 0.6) is 0 Å². The summed E-state index contributed by atoms with van der Waals surface area (Å²) in [5.41, 5.74) is 3.42. The molecule has 0 aliphatic heterocycles. The fourth-order valence-corrected chi connectivity index (χ4v) is 7.28. The molecular formula is C36H20Br2O2. The van der Waals surface area contributed by atoms with Crippen molar-refractivity contribution in [1.82, 2.24) is 0 Å². The van der Waals surface area contributed by atoms with Gasteiger partial charge in [0.25, 0.3) is 0 Å². The van der Waals surface area contributed by atoms with Crippen LogP contribution in [0.2, 0.25) is 0 Å². The van der Waals surface area contributed by atoms with Crippen LogP contribution < -0.4 is 0 Å². The maximum absolute atomic E-state index is 13.0. The molecule has 8 rings (SSSR count). The third-order valence-electron chi connectivity index (χ3n) is 7.69. The number of rotatable bonds is 0. The molecule has 5 aromatic rings. The average Bonchev–Trinajstić information content (AvgIpc) is 2.99. The van der Waals surface area contributed by atoms with Crippen molar-refractivity contribution in [3.8, 4) is 23.7 Å². The Kier molecular flexibility index (Phi) is 5.86. The highest BCUT2D eigenvalue weighted by Gasteiger charge is 2.61. The Morgan fingerprint density at radius 2 is 0.800 bits per heavy atom. The molecule has 3 aliphatic rings. The molecule has 2 unspecified atom stereocenters. The predicted molar refractivity (Wildman–Crippen MR) is 164 cm³/mol. The Bertz CT molecular complexity index is 1820. The van der Waals surface area contributed by atoms with Crippen LogP contribution in [-0.4, -0.2) is 10.2 Å². The van der Waals surface area contributed by atoms with Crippen molar-refractivity contribution in [2.45, 2.75) is 11.2 Å². The van der Waals surface area contributed by atoms with Crippen LogP contribution in [0.25, 0.3) is 0 Å². The molecule has 4 heteroatoms. The highest BCUT2D eigenvalue weighted by molar-refractivity contribution is 9.11. The molecule has 0 spiro atoms. The normalized spacial score (nSPS) is 19.3. The van der Waals surface area contributed by atoms with Crippen molar-refractivity contribution in [3.05, 3.63) is 174 Å². The van der Waals surface area contributed by atoms with Crippen molar-refractivity contribution < 1.29 is 10.2 Å². The zero-order chi connectivity index (χ0) is 27.5. The van der Waals surface area contributed by atoms with Gasteiger partial charge in [0.2, 0.25) is 0 Å². The zero-order valence-corrected chi connectivity index (χ0v) is 24.2. The van der Waals surface area contributed by atoms with Gasteiger partial charge in [0.15, 0.2) is 0 Å². The van der Waals surface area contributed by atoms with E-state index in [0.29, 0.717) is 53.5 Å². The summed E-state index contributed by atoms with van der Waals surface area (Å²) in [5, 5.41) is 26.0. The molecule has 40 heavy (non-hydrogen) atoms. The summed E-state index contributed by atoms with van der Waals surface area (Å²) in [4.78, 5) is 0. The number of aliphatic hydroxyl groups is 2. The number of hydrogen-bond acceptors (Lipinski definition) is 2. The lowest BCUT2D eigenvalue weighted by Crippen LogP contribution is -2.52. The van der Waals surface area contributed by atoms with Gasteiger partial charge in [0.1, 0.15) is 11.2 Å². The Morgan fingerprint density at radius 1 is 0.425 bits per heavy atom. The van der Waals surface area contributed by atoms with E-state index in [0.717, 1.165) is 11.1 Å². The van der Waals surface area contributed by atoms with Gasteiger partial charge in [0.05, 0.1) is 0 Å². The number of hydrogen-bond donors (Lipinski definition) is 2. The first-order chi connectivity index (χ1) is 19.4. The first-order valence-corrected chi connectivity index (χ1v) is 14.4. The first kappa shape index (κ1) is 25.1. The summed E-state index contributed by atoms with van der Waals surface area (Å²) in [6.45, 7) is 0. The Morgan fingerprint density at radius 3 is 1.20 bits per heavy atom. The van der Waals surface area contributed by atoms with Crippen molar-refractivity contribution in [2.24, 2.45) is 0 Å². The highest BCUT2D eigenvalue weighted by atomic mass is 79.9. The molecule has 0 saturated heterocycles. The third-order valence-corrected chi connectivity index (χ3v) is 9.02. The Hall–Kier alpha value is -3.90. The molecule has 0 amide bonds. The first-order valence-electron chi connectivity index (χ1n) is 12.8. The minimum atomic E-state index is -1.58. The summed E-state index contributed by atoms with van der Waals surface area (Å²) in [7, 11) is 0. The van der Waals surface area contributed by atoms with Crippen LogP contribution in [-0.2, 0) is 11.2 Å². The average molecular weight is 644 g/mol. The fraction of sp³-hybridized carbons (Fsp3) is 0.0556. The second-order valence-electron chi connectivity index (χ2n) is 9.89. The minimum Gasteiger partial charge on any atom is -0.376 e. The van der Waals surface area contributed by atoms with Crippen LogP contribution in [0.1, 0.15) is 55.6 Å². The van der Waals surface area contributed by atoms with Crippen LogP contribution in [0.4, 0.5) is 0 Å². The van der Waals surface area contributed by atoms with Crippen LogP contribution >= 0.6 is 31.9 Å². The standard InChI is InChI=1S/C36H20Br2O2/c37-29-21-22-30(38)34-33(29)35(39)27-13-7-8-14-28(27)36(34,40)32-26(18-16-24-11-5-2-6-12-24)20-19-25(31(32)35)17-15-23-9-3-1-4-10-23/h1-14,19-22,39-40H. The van der Waals surface area contributed by atoms with Crippen LogP contribution in [0, 0.1) is 23.7 Å². The van der Waals surface area contributed by atoms with E-state index in [1.165, 1.54) is 0 Å². The van der Waals surface area contributed by atoms with Gasteiger partial charge in [-0.15, -0.1) is 0 Å². The molecular weight excluding hydrogens is 624 g/mol. The highest BCUT2D eigenvalue weighted by Crippen LogP contribution is 2.63. The summed E-state index contributed by atoms with van der Waals surface area (Å²) >= 11 is 7.41. The van der Waals surface area contributed by atoms with E-state index < -0.39 is 11.2 Å². The van der Waals surface area contributed by atoms with Crippen molar-refractivity contribution in [1.29, 1.82) is 0 Å². The third kappa shape index (κ3) is 3.51. The van der Waals surface area contributed by atoms with Crippen LogP contribution in [0.3, 0.4) is 0 Å². The molecule has 3 aliphatic carbocycles. The molecule has 2 bridgehead atoms. The maximum atomic E-state index is 13.0. The minimum absolute atomic E-state index is 0.559.